The van der Waals surface area contributed by atoms with Crippen LogP contribution in [-0.4, -0.2) is 33.1 Å². The van der Waals surface area contributed by atoms with Gasteiger partial charge in [0.25, 0.3) is 0 Å². The largest absolute Gasteiger partial charge is 0.384 e. The van der Waals surface area contributed by atoms with E-state index >= 15 is 0 Å². The Morgan fingerprint density at radius 1 is 1.00 bits per heavy atom. The van der Waals surface area contributed by atoms with Crippen LogP contribution in [0.5, 0.6) is 0 Å². The number of hydrogen-bond donors (Lipinski definition) is 1. The lowest BCUT2D eigenvalue weighted by molar-refractivity contribution is 0.0453. The van der Waals surface area contributed by atoms with Gasteiger partial charge in [-0.3, -0.25) is 4.90 Å². The Hall–Kier alpha value is -2.56. The van der Waals surface area contributed by atoms with Crippen LogP contribution in [0.1, 0.15) is 23.1 Å². The Balaban J connectivity index is 1.45. The number of benzene rings is 2. The van der Waals surface area contributed by atoms with Gasteiger partial charge in [0, 0.05) is 43.2 Å². The van der Waals surface area contributed by atoms with Gasteiger partial charge in [0.05, 0.1) is 0 Å². The monoisotopic (exact) mass is 345 g/mol. The van der Waals surface area contributed by atoms with E-state index in [-0.39, 0.29) is 0 Å². The number of aryl methyl sites for hydroxylation is 1. The number of rotatable bonds is 4. The molecule has 4 heteroatoms. The minimum absolute atomic E-state index is 0.635. The maximum atomic E-state index is 11.0. The average Bonchev–Trinajstić information content (AvgIpc) is 3.06. The fourth-order valence-electron chi connectivity index (χ4n) is 3.65. The predicted octanol–water partition coefficient (Wildman–Crippen LogP) is 3.55. The maximum Gasteiger partial charge on any atom is 0.159 e. The molecular formula is C22H23N3O. The van der Waals surface area contributed by atoms with Gasteiger partial charge in [-0.25, -0.2) is 9.97 Å². The third-order valence-corrected chi connectivity index (χ3v) is 5.14. The van der Waals surface area contributed by atoms with Crippen molar-refractivity contribution in [3.8, 4) is 11.4 Å². The van der Waals surface area contributed by atoms with Crippen molar-refractivity contribution in [1.82, 2.24) is 14.9 Å². The van der Waals surface area contributed by atoms with Crippen LogP contribution in [0.3, 0.4) is 0 Å². The lowest BCUT2D eigenvalue weighted by atomic mass is 9.93. The summed E-state index contributed by atoms with van der Waals surface area (Å²) in [7, 11) is 0. The molecule has 0 aliphatic carbocycles. The van der Waals surface area contributed by atoms with Crippen molar-refractivity contribution in [2.24, 2.45) is 0 Å². The van der Waals surface area contributed by atoms with Gasteiger partial charge >= 0.3 is 0 Å². The minimum Gasteiger partial charge on any atom is -0.384 e. The van der Waals surface area contributed by atoms with Gasteiger partial charge in [-0.1, -0.05) is 54.6 Å². The van der Waals surface area contributed by atoms with Crippen molar-refractivity contribution in [2.75, 3.05) is 13.1 Å². The molecule has 1 atom stereocenters. The van der Waals surface area contributed by atoms with Crippen molar-refractivity contribution in [1.29, 1.82) is 0 Å². The van der Waals surface area contributed by atoms with E-state index < -0.39 is 5.60 Å². The zero-order valence-corrected chi connectivity index (χ0v) is 15.0. The topological polar surface area (TPSA) is 49.2 Å². The maximum absolute atomic E-state index is 11.0. The van der Waals surface area contributed by atoms with Gasteiger partial charge in [-0.15, -0.1) is 0 Å². The lowest BCUT2D eigenvalue weighted by Crippen LogP contribution is -2.30. The fraction of sp³-hybridized carbons (Fsp3) is 0.273. The standard InChI is InChI=1S/C22H23N3O/c1-17-7-5-6-10-20(17)21-23-13-18(14-24-21)15-25-12-11-22(26,16-25)19-8-3-2-4-9-19/h2-10,13-14,26H,11-12,15-16H2,1H3. The summed E-state index contributed by atoms with van der Waals surface area (Å²) in [6.45, 7) is 4.33. The first-order chi connectivity index (χ1) is 12.6. The van der Waals surface area contributed by atoms with Gasteiger partial charge in [-0.05, 0) is 24.5 Å². The second-order valence-corrected chi connectivity index (χ2v) is 7.09. The average molecular weight is 345 g/mol. The van der Waals surface area contributed by atoms with E-state index in [0.29, 0.717) is 6.54 Å². The van der Waals surface area contributed by atoms with Crippen LogP contribution in [0, 0.1) is 6.92 Å². The van der Waals surface area contributed by atoms with Crippen molar-refractivity contribution in [3.05, 3.63) is 83.7 Å². The van der Waals surface area contributed by atoms with Gasteiger partial charge in [0.1, 0.15) is 5.60 Å². The fourth-order valence-corrected chi connectivity index (χ4v) is 3.65. The van der Waals surface area contributed by atoms with Crippen LogP contribution in [0.15, 0.2) is 67.0 Å². The number of nitrogens with zero attached hydrogens (tertiary/aromatic N) is 3. The second kappa shape index (κ2) is 6.98. The van der Waals surface area contributed by atoms with Crippen LogP contribution in [0.2, 0.25) is 0 Å². The zero-order chi connectivity index (χ0) is 18.0. The number of β-amino-alcohol motifs (C(OH)–C–C–N with tert-alkyl or cyclic N) is 1. The molecule has 1 unspecified atom stereocenters. The molecular weight excluding hydrogens is 322 g/mol. The van der Waals surface area contributed by atoms with Crippen molar-refractivity contribution < 1.29 is 5.11 Å². The molecule has 1 aliphatic heterocycles. The number of aliphatic hydroxyl groups is 1. The molecule has 132 valence electrons. The summed E-state index contributed by atoms with van der Waals surface area (Å²) in [5.41, 5.74) is 3.54. The van der Waals surface area contributed by atoms with E-state index in [0.717, 1.165) is 42.0 Å². The molecule has 2 aromatic carbocycles. The summed E-state index contributed by atoms with van der Waals surface area (Å²) in [5.74, 6) is 0.758. The third kappa shape index (κ3) is 3.39. The Morgan fingerprint density at radius 3 is 2.42 bits per heavy atom. The van der Waals surface area contributed by atoms with Crippen LogP contribution in [0.25, 0.3) is 11.4 Å². The molecule has 0 radical (unpaired) electrons. The summed E-state index contributed by atoms with van der Waals surface area (Å²) >= 11 is 0. The quantitative estimate of drug-likeness (QED) is 0.786. The second-order valence-electron chi connectivity index (χ2n) is 7.09. The highest BCUT2D eigenvalue weighted by Crippen LogP contribution is 2.32. The molecule has 1 aliphatic rings. The molecule has 26 heavy (non-hydrogen) atoms. The summed E-state index contributed by atoms with van der Waals surface area (Å²) in [6, 6.07) is 18.1. The molecule has 1 saturated heterocycles. The normalized spacial score (nSPS) is 20.4. The molecule has 4 rings (SSSR count). The van der Waals surface area contributed by atoms with Gasteiger partial charge in [0.2, 0.25) is 0 Å². The molecule has 0 bridgehead atoms. The summed E-state index contributed by atoms with van der Waals surface area (Å²) in [5, 5.41) is 11.0. The Bertz CT molecular complexity index is 879. The molecule has 1 aromatic heterocycles. The zero-order valence-electron chi connectivity index (χ0n) is 15.0. The smallest absolute Gasteiger partial charge is 0.159 e. The molecule has 0 saturated carbocycles. The van der Waals surface area contributed by atoms with Crippen molar-refractivity contribution in [3.63, 3.8) is 0 Å². The van der Waals surface area contributed by atoms with Crippen molar-refractivity contribution >= 4 is 0 Å². The first-order valence-corrected chi connectivity index (χ1v) is 9.01. The molecule has 1 fully saturated rings. The molecule has 1 N–H and O–H groups in total. The molecule has 4 nitrogen and oxygen atoms in total. The predicted molar refractivity (Wildman–Crippen MR) is 102 cm³/mol. The molecule has 0 amide bonds. The Kier molecular flexibility index (Phi) is 4.53. The highest BCUT2D eigenvalue weighted by molar-refractivity contribution is 5.59. The first-order valence-electron chi connectivity index (χ1n) is 9.01. The Labute approximate surface area is 154 Å². The summed E-state index contributed by atoms with van der Waals surface area (Å²) in [4.78, 5) is 11.4. The van der Waals surface area contributed by atoms with Crippen LogP contribution < -0.4 is 0 Å². The van der Waals surface area contributed by atoms with E-state index in [4.69, 9.17) is 0 Å². The number of hydrogen-bond acceptors (Lipinski definition) is 4. The first kappa shape index (κ1) is 16.9. The lowest BCUT2D eigenvalue weighted by Gasteiger charge is -2.24. The Morgan fingerprint density at radius 2 is 1.69 bits per heavy atom. The van der Waals surface area contributed by atoms with E-state index in [1.807, 2.05) is 60.9 Å². The van der Waals surface area contributed by atoms with Gasteiger partial charge in [0.15, 0.2) is 5.82 Å². The van der Waals surface area contributed by atoms with E-state index in [1.165, 1.54) is 5.56 Å². The highest BCUT2D eigenvalue weighted by atomic mass is 16.3. The SMILES string of the molecule is Cc1ccccc1-c1ncc(CN2CCC(O)(c3ccccc3)C2)cn1. The number of likely N-dealkylation sites (tertiary alicyclic amines) is 1. The van der Waals surface area contributed by atoms with E-state index in [2.05, 4.69) is 27.9 Å². The number of aromatic nitrogens is 2. The van der Waals surface area contributed by atoms with Gasteiger partial charge < -0.3 is 5.11 Å². The summed E-state index contributed by atoms with van der Waals surface area (Å²) < 4.78 is 0. The molecule has 3 aromatic rings. The van der Waals surface area contributed by atoms with Crippen LogP contribution in [-0.2, 0) is 12.1 Å². The van der Waals surface area contributed by atoms with Crippen LogP contribution >= 0.6 is 0 Å². The van der Waals surface area contributed by atoms with Crippen molar-refractivity contribution in [2.45, 2.75) is 25.5 Å². The van der Waals surface area contributed by atoms with Gasteiger partial charge in [-0.2, -0.15) is 0 Å². The highest BCUT2D eigenvalue weighted by Gasteiger charge is 2.37. The summed E-state index contributed by atoms with van der Waals surface area (Å²) in [6.07, 6.45) is 4.54. The van der Waals surface area contributed by atoms with E-state index in [1.54, 1.807) is 0 Å². The molecule has 0 spiro atoms. The molecule has 2 heterocycles. The van der Waals surface area contributed by atoms with E-state index in [9.17, 15) is 5.11 Å². The minimum atomic E-state index is -0.761. The third-order valence-electron chi connectivity index (χ3n) is 5.14. The van der Waals surface area contributed by atoms with Crippen LogP contribution in [0.4, 0.5) is 0 Å².